The van der Waals surface area contributed by atoms with E-state index < -0.39 is 56.6 Å². The zero-order valence-corrected chi connectivity index (χ0v) is 24.4. The van der Waals surface area contributed by atoms with Crippen molar-refractivity contribution in [1.82, 2.24) is 20.5 Å². The number of alkyl halides is 1. The van der Waals surface area contributed by atoms with Gasteiger partial charge >= 0.3 is 0 Å². The van der Waals surface area contributed by atoms with Crippen molar-refractivity contribution < 1.29 is 31.2 Å². The Morgan fingerprint density at radius 2 is 1.88 bits per heavy atom. The maximum atomic E-state index is 14.3. The lowest BCUT2D eigenvalue weighted by atomic mass is 9.98. The minimum absolute atomic E-state index is 0.0165. The van der Waals surface area contributed by atoms with Crippen molar-refractivity contribution in [2.45, 2.75) is 52.0 Å². The first-order chi connectivity index (χ1) is 19.4. The van der Waals surface area contributed by atoms with Crippen molar-refractivity contribution >= 4 is 27.7 Å². The molecule has 41 heavy (non-hydrogen) atoms. The highest BCUT2D eigenvalue weighted by Crippen LogP contribution is 2.36. The van der Waals surface area contributed by atoms with Gasteiger partial charge in [0.25, 0.3) is 11.8 Å². The Bertz CT molecular complexity index is 1510. The maximum absolute atomic E-state index is 14.3. The van der Waals surface area contributed by atoms with E-state index in [-0.39, 0.29) is 17.9 Å². The van der Waals surface area contributed by atoms with E-state index in [1.54, 1.807) is 26.0 Å². The molecule has 1 saturated heterocycles. The third-order valence-electron chi connectivity index (χ3n) is 7.77. The molecule has 1 fully saturated rings. The zero-order chi connectivity index (χ0) is 30.1. The fraction of sp³-hybridized carbons (Fsp3) is 0.448. The number of hydrogen-bond acceptors (Lipinski definition) is 5. The molecule has 4 rings (SSSR count). The standard InChI is InChI=1S/C29H35F3N4O4S/c1-5-36(6-2)12-11-33-29(38)26-16(3)25(34-17(26)4)14-20-19-13-18(7-10-24(19)35-28(20)37)41(39,40)15-21-22(30)8-9-23(31)27(21)32/h9-10,13-14,18,22,34H,5-8,11-12,15H2,1-4H3,(H,33,38)(H,35,37)/b20-14-. The van der Waals surface area contributed by atoms with Crippen LogP contribution in [0.4, 0.5) is 13.2 Å². The SMILES string of the molecule is CCN(CC)CCNC(=O)c1c(C)[nH]c(/C=C2\C(=O)NC3=CCC(S(=O)(=O)CC4=C(F)C(F)=CCC4F)C=C32)c1C. The molecule has 0 radical (unpaired) electrons. The summed E-state index contributed by atoms with van der Waals surface area (Å²) in [4.78, 5) is 31.2. The number of nitrogens with zero attached hydrogens (tertiary/aromatic N) is 1. The van der Waals surface area contributed by atoms with Crippen molar-refractivity contribution in [2.75, 3.05) is 31.9 Å². The van der Waals surface area contributed by atoms with E-state index in [1.807, 2.05) is 0 Å². The first-order valence-electron chi connectivity index (χ1n) is 13.6. The van der Waals surface area contributed by atoms with Crippen molar-refractivity contribution in [3.8, 4) is 0 Å². The lowest BCUT2D eigenvalue weighted by molar-refractivity contribution is -0.115. The normalized spacial score (nSPS) is 22.0. The number of H-pyrrole nitrogens is 1. The van der Waals surface area contributed by atoms with Crippen molar-refractivity contribution in [3.63, 3.8) is 0 Å². The smallest absolute Gasteiger partial charge is 0.256 e. The quantitative estimate of drug-likeness (QED) is 0.356. The number of carbonyl (C=O) groups is 2. The van der Waals surface area contributed by atoms with E-state index in [0.717, 1.165) is 19.2 Å². The molecule has 3 aliphatic rings. The number of likely N-dealkylation sites (N-methyl/N-ethyl adjacent to an activating group) is 1. The van der Waals surface area contributed by atoms with Gasteiger partial charge in [0.1, 0.15) is 6.17 Å². The topological polar surface area (TPSA) is 111 Å². The van der Waals surface area contributed by atoms with Crippen LogP contribution in [-0.4, -0.2) is 73.5 Å². The minimum atomic E-state index is -4.15. The maximum Gasteiger partial charge on any atom is 0.256 e. The molecule has 1 aliphatic heterocycles. The van der Waals surface area contributed by atoms with E-state index in [0.29, 0.717) is 46.9 Å². The molecule has 0 spiro atoms. The Morgan fingerprint density at radius 3 is 2.56 bits per heavy atom. The van der Waals surface area contributed by atoms with Gasteiger partial charge in [0, 0.05) is 47.7 Å². The number of carbonyl (C=O) groups excluding carboxylic acids is 2. The molecule has 8 nitrogen and oxygen atoms in total. The number of rotatable bonds is 10. The fourth-order valence-corrected chi connectivity index (χ4v) is 7.00. The van der Waals surface area contributed by atoms with Gasteiger partial charge in [-0.15, -0.1) is 0 Å². The van der Waals surface area contributed by atoms with Crippen LogP contribution in [0.2, 0.25) is 0 Å². The second-order valence-electron chi connectivity index (χ2n) is 10.3. The molecule has 2 heterocycles. The summed E-state index contributed by atoms with van der Waals surface area (Å²) in [6, 6.07) is 0. The van der Waals surface area contributed by atoms with Crippen LogP contribution in [0, 0.1) is 13.8 Å². The van der Waals surface area contributed by atoms with E-state index in [2.05, 4.69) is 34.4 Å². The molecular formula is C29H35F3N4O4S. The van der Waals surface area contributed by atoms with Crippen LogP contribution in [0.3, 0.4) is 0 Å². The summed E-state index contributed by atoms with van der Waals surface area (Å²) in [5, 5.41) is 4.48. The third-order valence-corrected chi connectivity index (χ3v) is 9.74. The van der Waals surface area contributed by atoms with Gasteiger partial charge < -0.3 is 20.5 Å². The zero-order valence-electron chi connectivity index (χ0n) is 23.5. The van der Waals surface area contributed by atoms with Crippen LogP contribution in [0.15, 0.2) is 52.3 Å². The Kier molecular flexibility index (Phi) is 9.13. The lowest BCUT2D eigenvalue weighted by Crippen LogP contribution is -2.35. The number of allylic oxidation sites excluding steroid dienone is 5. The summed E-state index contributed by atoms with van der Waals surface area (Å²) in [5.41, 5.74) is 2.47. The number of sulfone groups is 1. The van der Waals surface area contributed by atoms with E-state index >= 15 is 0 Å². The van der Waals surface area contributed by atoms with Crippen LogP contribution in [0.25, 0.3) is 6.08 Å². The highest BCUT2D eigenvalue weighted by molar-refractivity contribution is 7.92. The first-order valence-corrected chi connectivity index (χ1v) is 15.3. The predicted molar refractivity (Wildman–Crippen MR) is 152 cm³/mol. The van der Waals surface area contributed by atoms with Crippen LogP contribution >= 0.6 is 0 Å². The number of amides is 2. The van der Waals surface area contributed by atoms with Crippen molar-refractivity contribution in [2.24, 2.45) is 0 Å². The second kappa shape index (κ2) is 12.2. The Hall–Kier alpha value is -3.38. The Morgan fingerprint density at radius 1 is 1.17 bits per heavy atom. The molecule has 3 N–H and O–H groups in total. The summed E-state index contributed by atoms with van der Waals surface area (Å²) >= 11 is 0. The monoisotopic (exact) mass is 592 g/mol. The molecule has 222 valence electrons. The van der Waals surface area contributed by atoms with Crippen LogP contribution in [0.1, 0.15) is 54.0 Å². The molecular weight excluding hydrogens is 557 g/mol. The van der Waals surface area contributed by atoms with E-state index in [1.165, 1.54) is 6.08 Å². The fourth-order valence-electron chi connectivity index (χ4n) is 5.31. The molecule has 0 aromatic carbocycles. The highest BCUT2D eigenvalue weighted by atomic mass is 32.2. The van der Waals surface area contributed by atoms with Gasteiger partial charge in [-0.3, -0.25) is 9.59 Å². The van der Waals surface area contributed by atoms with Gasteiger partial charge in [-0.05, 0) is 51.1 Å². The Labute approximate surface area is 238 Å². The van der Waals surface area contributed by atoms with E-state index in [4.69, 9.17) is 0 Å². The largest absolute Gasteiger partial charge is 0.358 e. The van der Waals surface area contributed by atoms with Crippen LogP contribution in [-0.2, 0) is 14.6 Å². The lowest BCUT2D eigenvalue weighted by Gasteiger charge is -2.21. The Balaban J connectivity index is 1.59. The second-order valence-corrected chi connectivity index (χ2v) is 12.6. The first kappa shape index (κ1) is 30.6. The summed E-state index contributed by atoms with van der Waals surface area (Å²) in [5.74, 6) is -4.40. The molecule has 0 bridgehead atoms. The number of aromatic nitrogens is 1. The average Bonchev–Trinajstić information content (AvgIpc) is 3.40. The number of hydrogen-bond donors (Lipinski definition) is 3. The van der Waals surface area contributed by atoms with Crippen LogP contribution in [0.5, 0.6) is 0 Å². The van der Waals surface area contributed by atoms with Gasteiger partial charge in [-0.25, -0.2) is 21.6 Å². The molecule has 2 unspecified atom stereocenters. The van der Waals surface area contributed by atoms with Crippen molar-refractivity contribution in [1.29, 1.82) is 0 Å². The van der Waals surface area contributed by atoms with E-state index in [9.17, 15) is 31.2 Å². The molecule has 2 atom stereocenters. The molecule has 1 aromatic heterocycles. The number of aromatic amines is 1. The summed E-state index contributed by atoms with van der Waals surface area (Å²) in [6.45, 7) is 10.6. The number of halogens is 3. The van der Waals surface area contributed by atoms with Crippen molar-refractivity contribution in [3.05, 3.63) is 74.8 Å². The summed E-state index contributed by atoms with van der Waals surface area (Å²) in [6.07, 6.45) is 2.88. The van der Waals surface area contributed by atoms with Gasteiger partial charge in [0.05, 0.1) is 22.1 Å². The molecule has 12 heteroatoms. The third kappa shape index (κ3) is 6.28. The van der Waals surface area contributed by atoms with Crippen LogP contribution < -0.4 is 10.6 Å². The number of aryl methyl sites for hydroxylation is 1. The summed E-state index contributed by atoms with van der Waals surface area (Å²) < 4.78 is 68.6. The number of fused-ring (bicyclic) bond motifs is 1. The molecule has 1 aromatic rings. The molecule has 2 amide bonds. The van der Waals surface area contributed by atoms with Gasteiger partial charge in [0.2, 0.25) is 0 Å². The highest BCUT2D eigenvalue weighted by Gasteiger charge is 2.37. The van der Waals surface area contributed by atoms with Gasteiger partial charge in [-0.1, -0.05) is 26.0 Å². The van der Waals surface area contributed by atoms with Gasteiger partial charge in [0.15, 0.2) is 21.5 Å². The van der Waals surface area contributed by atoms with Gasteiger partial charge in [-0.2, -0.15) is 0 Å². The minimum Gasteiger partial charge on any atom is -0.358 e. The summed E-state index contributed by atoms with van der Waals surface area (Å²) in [7, 11) is -4.15. The number of nitrogens with one attached hydrogen (secondary N) is 3. The average molecular weight is 593 g/mol. The molecule has 0 saturated carbocycles. The molecule has 2 aliphatic carbocycles. The predicted octanol–water partition coefficient (Wildman–Crippen LogP) is 4.03.